The molecule has 0 atom stereocenters. The highest BCUT2D eigenvalue weighted by atomic mass is 32.2. The van der Waals surface area contributed by atoms with Gasteiger partial charge in [0.05, 0.1) is 25.5 Å². The van der Waals surface area contributed by atoms with Crippen molar-refractivity contribution in [1.29, 1.82) is 0 Å². The van der Waals surface area contributed by atoms with Crippen molar-refractivity contribution in [1.82, 2.24) is 19.4 Å². The number of benzene rings is 2. The molecule has 4 rings (SSSR count). The van der Waals surface area contributed by atoms with E-state index in [1.807, 2.05) is 61.0 Å². The molecule has 0 aliphatic heterocycles. The molecule has 0 aliphatic rings. The summed E-state index contributed by atoms with van der Waals surface area (Å²) < 4.78 is 14.0. The van der Waals surface area contributed by atoms with E-state index in [-0.39, 0.29) is 17.2 Å². The normalized spacial score (nSPS) is 11.2. The van der Waals surface area contributed by atoms with Crippen LogP contribution < -0.4 is 20.3 Å². The van der Waals surface area contributed by atoms with E-state index in [0.717, 1.165) is 22.2 Å². The molecule has 2 aromatic heterocycles. The van der Waals surface area contributed by atoms with E-state index in [1.165, 1.54) is 11.8 Å². The van der Waals surface area contributed by atoms with Crippen LogP contribution in [0.4, 0.5) is 0 Å². The van der Waals surface area contributed by atoms with E-state index in [2.05, 4.69) is 5.32 Å². The first kappa shape index (κ1) is 22.7. The molecule has 0 radical (unpaired) electrons. The van der Waals surface area contributed by atoms with Crippen LogP contribution in [-0.2, 0) is 24.9 Å². The maximum Gasteiger partial charge on any atom is 0.278 e. The molecule has 0 bridgehead atoms. The number of ether oxygens (including phenoxy) is 2. The van der Waals surface area contributed by atoms with Gasteiger partial charge in [-0.15, -0.1) is 0 Å². The van der Waals surface area contributed by atoms with Crippen LogP contribution in [0, 0.1) is 0 Å². The third kappa shape index (κ3) is 4.41. The number of carbonyl (C=O) groups excluding carboxylic acids is 1. The zero-order valence-corrected chi connectivity index (χ0v) is 19.9. The van der Waals surface area contributed by atoms with Crippen LogP contribution in [0.3, 0.4) is 0 Å². The number of aryl methyl sites for hydroxylation is 1. The Morgan fingerprint density at radius 1 is 1.12 bits per heavy atom. The van der Waals surface area contributed by atoms with Crippen LogP contribution in [0.5, 0.6) is 11.5 Å². The standard InChI is InChI=1S/C24H26N4O4S/c1-5-28-23(30)22-21(18-12-17(32-4)9-10-19(18)27(22)2)26-24(28)33-14-20(29)25-13-15-7-6-8-16(11-15)31-3/h6-12H,5,13-14H2,1-4H3,(H,25,29). The van der Waals surface area contributed by atoms with Crippen LogP contribution >= 0.6 is 11.8 Å². The summed E-state index contributed by atoms with van der Waals surface area (Å²) in [6, 6.07) is 13.2. The first-order chi connectivity index (χ1) is 16.0. The number of hydrogen-bond donors (Lipinski definition) is 1. The second kappa shape index (κ2) is 9.58. The zero-order chi connectivity index (χ0) is 23.5. The highest BCUT2D eigenvalue weighted by molar-refractivity contribution is 7.99. The summed E-state index contributed by atoms with van der Waals surface area (Å²) >= 11 is 1.25. The quantitative estimate of drug-likeness (QED) is 0.317. The summed E-state index contributed by atoms with van der Waals surface area (Å²) in [4.78, 5) is 30.6. The minimum Gasteiger partial charge on any atom is -0.497 e. The average Bonchev–Trinajstić information content (AvgIpc) is 3.12. The van der Waals surface area contributed by atoms with Crippen LogP contribution in [-0.4, -0.2) is 40.0 Å². The number of rotatable bonds is 8. The van der Waals surface area contributed by atoms with Crippen molar-refractivity contribution in [2.45, 2.75) is 25.2 Å². The first-order valence-corrected chi connectivity index (χ1v) is 11.5. The molecule has 0 aliphatic carbocycles. The van der Waals surface area contributed by atoms with Gasteiger partial charge in [0.25, 0.3) is 5.56 Å². The number of nitrogens with one attached hydrogen (secondary N) is 1. The van der Waals surface area contributed by atoms with E-state index >= 15 is 0 Å². The average molecular weight is 467 g/mol. The summed E-state index contributed by atoms with van der Waals surface area (Å²) in [5, 5.41) is 4.27. The lowest BCUT2D eigenvalue weighted by molar-refractivity contribution is -0.118. The minimum absolute atomic E-state index is 0.126. The van der Waals surface area contributed by atoms with Gasteiger partial charge in [0.2, 0.25) is 5.91 Å². The van der Waals surface area contributed by atoms with Crippen LogP contribution in [0.2, 0.25) is 0 Å². The number of methoxy groups -OCH3 is 2. The minimum atomic E-state index is -0.139. The number of amides is 1. The SMILES string of the molecule is CCn1c(SCC(=O)NCc2cccc(OC)c2)nc2c3cc(OC)ccc3n(C)c2c1=O. The molecule has 2 heterocycles. The third-order valence-corrected chi connectivity index (χ3v) is 6.51. The van der Waals surface area contributed by atoms with Gasteiger partial charge in [-0.1, -0.05) is 23.9 Å². The summed E-state index contributed by atoms with van der Waals surface area (Å²) in [7, 11) is 5.08. The van der Waals surface area contributed by atoms with Gasteiger partial charge in [-0.3, -0.25) is 14.2 Å². The van der Waals surface area contributed by atoms with Gasteiger partial charge in [0.15, 0.2) is 5.16 Å². The van der Waals surface area contributed by atoms with Crippen LogP contribution in [0.25, 0.3) is 21.9 Å². The molecule has 0 saturated heterocycles. The van der Waals surface area contributed by atoms with Gasteiger partial charge in [0.1, 0.15) is 22.5 Å². The fraction of sp³-hybridized carbons (Fsp3) is 0.292. The monoisotopic (exact) mass is 466 g/mol. The van der Waals surface area contributed by atoms with Crippen molar-refractivity contribution >= 4 is 39.6 Å². The Morgan fingerprint density at radius 2 is 1.88 bits per heavy atom. The van der Waals surface area contributed by atoms with Crippen molar-refractivity contribution in [3.63, 3.8) is 0 Å². The van der Waals surface area contributed by atoms with Crippen molar-refractivity contribution in [3.05, 3.63) is 58.4 Å². The predicted octanol–water partition coefficient (Wildman–Crippen LogP) is 3.33. The van der Waals surface area contributed by atoms with Gasteiger partial charge in [0, 0.05) is 25.5 Å². The molecule has 172 valence electrons. The number of thioether (sulfide) groups is 1. The Labute approximate surface area is 195 Å². The fourth-order valence-corrected chi connectivity index (χ4v) is 4.70. The number of nitrogens with zero attached hydrogens (tertiary/aromatic N) is 3. The van der Waals surface area contributed by atoms with E-state index in [0.29, 0.717) is 35.0 Å². The third-order valence-electron chi connectivity index (χ3n) is 5.54. The lowest BCUT2D eigenvalue weighted by atomic mass is 10.2. The Kier molecular flexibility index (Phi) is 6.60. The van der Waals surface area contributed by atoms with Crippen LogP contribution in [0.1, 0.15) is 12.5 Å². The molecule has 4 aromatic rings. The zero-order valence-electron chi connectivity index (χ0n) is 19.0. The molecule has 2 aromatic carbocycles. The first-order valence-electron chi connectivity index (χ1n) is 10.6. The highest BCUT2D eigenvalue weighted by Crippen LogP contribution is 2.30. The van der Waals surface area contributed by atoms with Gasteiger partial charge in [-0.2, -0.15) is 0 Å². The number of aromatic nitrogens is 3. The van der Waals surface area contributed by atoms with E-state index in [9.17, 15) is 9.59 Å². The Balaban J connectivity index is 1.59. The Morgan fingerprint density at radius 3 is 2.61 bits per heavy atom. The molecule has 8 nitrogen and oxygen atoms in total. The second-order valence-corrected chi connectivity index (χ2v) is 8.44. The molecule has 33 heavy (non-hydrogen) atoms. The van der Waals surface area contributed by atoms with Gasteiger partial charge in [-0.05, 0) is 42.8 Å². The smallest absolute Gasteiger partial charge is 0.278 e. The number of fused-ring (bicyclic) bond motifs is 3. The highest BCUT2D eigenvalue weighted by Gasteiger charge is 2.19. The van der Waals surface area contributed by atoms with Gasteiger partial charge in [-0.25, -0.2) is 4.98 Å². The van der Waals surface area contributed by atoms with E-state index in [1.54, 1.807) is 18.8 Å². The van der Waals surface area contributed by atoms with Crippen molar-refractivity contribution in [3.8, 4) is 11.5 Å². The topological polar surface area (TPSA) is 87.4 Å². The predicted molar refractivity (Wildman–Crippen MR) is 130 cm³/mol. The summed E-state index contributed by atoms with van der Waals surface area (Å²) in [5.41, 5.74) is 2.87. The lowest BCUT2D eigenvalue weighted by Gasteiger charge is -2.11. The maximum atomic E-state index is 13.3. The molecular weight excluding hydrogens is 440 g/mol. The number of hydrogen-bond acceptors (Lipinski definition) is 6. The molecule has 0 saturated carbocycles. The van der Waals surface area contributed by atoms with Gasteiger partial charge >= 0.3 is 0 Å². The molecule has 0 spiro atoms. The van der Waals surface area contributed by atoms with Gasteiger partial charge < -0.3 is 19.4 Å². The van der Waals surface area contributed by atoms with Crippen molar-refractivity contribution in [2.24, 2.45) is 7.05 Å². The Hall–Kier alpha value is -3.46. The fourth-order valence-electron chi connectivity index (χ4n) is 3.81. The second-order valence-electron chi connectivity index (χ2n) is 7.50. The Bertz CT molecular complexity index is 1390. The molecule has 1 N–H and O–H groups in total. The van der Waals surface area contributed by atoms with Crippen molar-refractivity contribution < 1.29 is 14.3 Å². The number of carbonyl (C=O) groups is 1. The van der Waals surface area contributed by atoms with Crippen molar-refractivity contribution in [2.75, 3.05) is 20.0 Å². The molecule has 9 heteroatoms. The molecule has 0 unspecified atom stereocenters. The largest absolute Gasteiger partial charge is 0.497 e. The van der Waals surface area contributed by atoms with E-state index < -0.39 is 0 Å². The summed E-state index contributed by atoms with van der Waals surface area (Å²) in [6.45, 7) is 2.75. The molecule has 1 amide bonds. The lowest BCUT2D eigenvalue weighted by Crippen LogP contribution is -2.27. The summed E-state index contributed by atoms with van der Waals surface area (Å²) in [6.07, 6.45) is 0. The maximum absolute atomic E-state index is 13.3. The summed E-state index contributed by atoms with van der Waals surface area (Å²) in [5.74, 6) is 1.45. The molecule has 0 fully saturated rings. The van der Waals surface area contributed by atoms with Crippen LogP contribution in [0.15, 0.2) is 52.4 Å². The van der Waals surface area contributed by atoms with E-state index in [4.69, 9.17) is 14.5 Å². The molecular formula is C24H26N4O4S.